The van der Waals surface area contributed by atoms with Crippen LogP contribution in [0.15, 0.2) is 47.6 Å². The Morgan fingerprint density at radius 3 is 2.28 bits per heavy atom. The fourth-order valence-electron chi connectivity index (χ4n) is 2.32. The summed E-state index contributed by atoms with van der Waals surface area (Å²) in [6.45, 7) is 6.00. The Bertz CT molecular complexity index is 723. The van der Waals surface area contributed by atoms with Crippen LogP contribution in [0.3, 0.4) is 0 Å². The van der Waals surface area contributed by atoms with Crippen LogP contribution in [-0.2, 0) is 6.18 Å². The molecule has 0 bridgehead atoms. The van der Waals surface area contributed by atoms with E-state index < -0.39 is 11.7 Å². The first-order valence-corrected chi connectivity index (χ1v) is 8.23. The molecule has 2 aromatic carbocycles. The summed E-state index contributed by atoms with van der Waals surface area (Å²) in [6, 6.07) is 10.8. The molecule has 0 aliphatic heterocycles. The Labute approximate surface area is 150 Å². The molecule has 3 nitrogen and oxygen atoms in total. The maximum atomic E-state index is 12.7. The fraction of sp³-hybridized carbons (Fsp3) is 0.278. The maximum absolute atomic E-state index is 12.7. The molecule has 0 saturated heterocycles. The molecule has 0 spiro atoms. The van der Waals surface area contributed by atoms with Crippen LogP contribution < -0.4 is 10.3 Å². The number of hydrazone groups is 1. The quantitative estimate of drug-likeness (QED) is 0.526. The van der Waals surface area contributed by atoms with E-state index in [1.54, 1.807) is 0 Å². The lowest BCUT2D eigenvalue weighted by molar-refractivity contribution is -0.137. The molecular formula is C18H19ClF3N3. The van der Waals surface area contributed by atoms with Crippen molar-refractivity contribution < 1.29 is 13.2 Å². The van der Waals surface area contributed by atoms with Gasteiger partial charge in [-0.15, -0.1) is 0 Å². The topological polar surface area (TPSA) is 27.6 Å². The summed E-state index contributed by atoms with van der Waals surface area (Å²) in [5.74, 6) is 0. The van der Waals surface area contributed by atoms with Crippen LogP contribution in [0.5, 0.6) is 0 Å². The minimum Gasteiger partial charge on any atom is -0.372 e. The number of benzene rings is 2. The van der Waals surface area contributed by atoms with Crippen molar-refractivity contribution in [2.24, 2.45) is 5.10 Å². The molecule has 0 fully saturated rings. The number of rotatable bonds is 6. The summed E-state index contributed by atoms with van der Waals surface area (Å²) in [7, 11) is 0. The van der Waals surface area contributed by atoms with Crippen molar-refractivity contribution >= 4 is 29.2 Å². The standard InChI is InChI=1S/C18H19ClF3N3/c1-3-25(4-2)15-8-5-13(6-9-15)12-23-24-17-11-14(18(20,21)22)7-10-16(17)19/h5-12,24H,3-4H2,1-2H3/b23-12+. The monoisotopic (exact) mass is 369 g/mol. The van der Waals surface area contributed by atoms with Crippen molar-refractivity contribution in [2.45, 2.75) is 20.0 Å². The molecule has 2 rings (SSSR count). The number of nitrogens with one attached hydrogen (secondary N) is 1. The molecule has 2 aromatic rings. The molecule has 7 heteroatoms. The van der Waals surface area contributed by atoms with Gasteiger partial charge in [0.05, 0.1) is 22.5 Å². The Morgan fingerprint density at radius 1 is 1.08 bits per heavy atom. The van der Waals surface area contributed by atoms with Crippen LogP contribution in [0.4, 0.5) is 24.5 Å². The summed E-state index contributed by atoms with van der Waals surface area (Å²) < 4.78 is 38.2. The average molecular weight is 370 g/mol. The third-order valence-electron chi connectivity index (χ3n) is 3.71. The minimum absolute atomic E-state index is 0.104. The number of alkyl halides is 3. The third-order valence-corrected chi connectivity index (χ3v) is 4.04. The van der Waals surface area contributed by atoms with Gasteiger partial charge in [0.2, 0.25) is 0 Å². The Balaban J connectivity index is 2.08. The van der Waals surface area contributed by atoms with E-state index in [0.717, 1.165) is 36.5 Å². The van der Waals surface area contributed by atoms with Gasteiger partial charge in [0.15, 0.2) is 0 Å². The largest absolute Gasteiger partial charge is 0.416 e. The third kappa shape index (κ3) is 5.13. The molecule has 0 aromatic heterocycles. The van der Waals surface area contributed by atoms with Crippen LogP contribution in [-0.4, -0.2) is 19.3 Å². The lowest BCUT2D eigenvalue weighted by atomic mass is 10.2. The number of hydrogen-bond acceptors (Lipinski definition) is 3. The highest BCUT2D eigenvalue weighted by molar-refractivity contribution is 6.33. The number of halogens is 4. The molecule has 134 valence electrons. The van der Waals surface area contributed by atoms with Crippen molar-refractivity contribution in [1.82, 2.24) is 0 Å². The SMILES string of the molecule is CCN(CC)c1ccc(/C=N/Nc2cc(C(F)(F)F)ccc2Cl)cc1. The summed E-state index contributed by atoms with van der Waals surface area (Å²) in [6.07, 6.45) is -2.90. The second kappa shape index (κ2) is 8.25. The normalized spacial score (nSPS) is 11.8. The van der Waals surface area contributed by atoms with Gasteiger partial charge in [-0.05, 0) is 49.7 Å². The van der Waals surface area contributed by atoms with Gasteiger partial charge >= 0.3 is 6.18 Å². The second-order valence-electron chi connectivity index (χ2n) is 5.33. The van der Waals surface area contributed by atoms with Crippen molar-refractivity contribution in [3.63, 3.8) is 0 Å². The Hall–Kier alpha value is -2.21. The summed E-state index contributed by atoms with van der Waals surface area (Å²) in [5.41, 5.74) is 3.82. The highest BCUT2D eigenvalue weighted by Crippen LogP contribution is 2.33. The van der Waals surface area contributed by atoms with Crippen LogP contribution in [0.25, 0.3) is 0 Å². The maximum Gasteiger partial charge on any atom is 0.416 e. The van der Waals surface area contributed by atoms with E-state index in [1.807, 2.05) is 24.3 Å². The fourth-order valence-corrected chi connectivity index (χ4v) is 2.48. The smallest absolute Gasteiger partial charge is 0.372 e. The first-order valence-electron chi connectivity index (χ1n) is 7.86. The van der Waals surface area contributed by atoms with Crippen LogP contribution >= 0.6 is 11.6 Å². The van der Waals surface area contributed by atoms with Gasteiger partial charge in [-0.25, -0.2) is 0 Å². The average Bonchev–Trinajstić information content (AvgIpc) is 2.58. The highest BCUT2D eigenvalue weighted by Gasteiger charge is 2.30. The van der Waals surface area contributed by atoms with Crippen molar-refractivity contribution in [1.29, 1.82) is 0 Å². The van der Waals surface area contributed by atoms with Gasteiger partial charge in [-0.3, -0.25) is 5.43 Å². The Morgan fingerprint density at radius 2 is 1.72 bits per heavy atom. The van der Waals surface area contributed by atoms with E-state index in [9.17, 15) is 13.2 Å². The predicted molar refractivity (Wildman–Crippen MR) is 97.7 cm³/mol. The van der Waals surface area contributed by atoms with Gasteiger partial charge in [0, 0.05) is 18.8 Å². The van der Waals surface area contributed by atoms with Crippen molar-refractivity contribution in [3.8, 4) is 0 Å². The molecule has 0 radical (unpaired) electrons. The van der Waals surface area contributed by atoms with E-state index in [4.69, 9.17) is 11.6 Å². The van der Waals surface area contributed by atoms with Gasteiger partial charge in [-0.2, -0.15) is 18.3 Å². The molecule has 0 saturated carbocycles. The number of anilines is 2. The molecule has 0 heterocycles. The molecule has 0 atom stereocenters. The molecular weight excluding hydrogens is 351 g/mol. The van der Waals surface area contributed by atoms with E-state index in [1.165, 1.54) is 12.3 Å². The van der Waals surface area contributed by atoms with E-state index >= 15 is 0 Å². The number of nitrogens with zero attached hydrogens (tertiary/aromatic N) is 2. The first kappa shape index (κ1) is 19.1. The molecule has 1 N–H and O–H groups in total. The zero-order valence-corrected chi connectivity index (χ0v) is 14.7. The zero-order valence-electron chi connectivity index (χ0n) is 13.9. The highest BCUT2D eigenvalue weighted by atomic mass is 35.5. The van der Waals surface area contributed by atoms with Crippen molar-refractivity contribution in [2.75, 3.05) is 23.4 Å². The number of hydrogen-bond donors (Lipinski definition) is 1. The van der Waals surface area contributed by atoms with Gasteiger partial charge < -0.3 is 4.90 Å². The van der Waals surface area contributed by atoms with Crippen LogP contribution in [0.1, 0.15) is 25.0 Å². The zero-order chi connectivity index (χ0) is 18.4. The second-order valence-corrected chi connectivity index (χ2v) is 5.73. The summed E-state index contributed by atoms with van der Waals surface area (Å²) >= 11 is 5.91. The Kier molecular flexibility index (Phi) is 6.31. The molecule has 0 amide bonds. The molecule has 0 aliphatic rings. The van der Waals surface area contributed by atoms with Gasteiger partial charge in [-0.1, -0.05) is 23.7 Å². The minimum atomic E-state index is -4.43. The lowest BCUT2D eigenvalue weighted by Crippen LogP contribution is -2.21. The first-order chi connectivity index (χ1) is 11.8. The van der Waals surface area contributed by atoms with E-state index in [0.29, 0.717) is 0 Å². The van der Waals surface area contributed by atoms with Gasteiger partial charge in [0.1, 0.15) is 0 Å². The molecule has 0 unspecified atom stereocenters. The van der Waals surface area contributed by atoms with Gasteiger partial charge in [0.25, 0.3) is 0 Å². The predicted octanol–water partition coefficient (Wildman–Crippen LogP) is 5.65. The summed E-state index contributed by atoms with van der Waals surface area (Å²) in [4.78, 5) is 2.21. The summed E-state index contributed by atoms with van der Waals surface area (Å²) in [5, 5.41) is 4.14. The van der Waals surface area contributed by atoms with Crippen LogP contribution in [0, 0.1) is 0 Å². The van der Waals surface area contributed by atoms with Crippen molar-refractivity contribution in [3.05, 3.63) is 58.6 Å². The molecule has 0 aliphatic carbocycles. The lowest BCUT2D eigenvalue weighted by Gasteiger charge is -2.20. The van der Waals surface area contributed by atoms with E-state index in [2.05, 4.69) is 29.3 Å². The molecule has 25 heavy (non-hydrogen) atoms. The van der Waals surface area contributed by atoms with Crippen LogP contribution in [0.2, 0.25) is 5.02 Å². The van der Waals surface area contributed by atoms with E-state index in [-0.39, 0.29) is 10.7 Å².